The van der Waals surface area contributed by atoms with Crippen LogP contribution in [0.5, 0.6) is 0 Å². The minimum Gasteiger partial charge on any atom is -0.379 e. The summed E-state index contributed by atoms with van der Waals surface area (Å²) in [5.41, 5.74) is 5.39. The Morgan fingerprint density at radius 1 is 1.48 bits per heavy atom. The molecule has 1 aromatic heterocycles. The molecule has 2 N–H and O–H groups in total. The molecule has 7 heteroatoms. The molecule has 0 aliphatic rings. The number of ether oxygens (including phenoxy) is 1. The van der Waals surface area contributed by atoms with Crippen LogP contribution >= 0.6 is 11.6 Å². The maximum Gasteiger partial charge on any atom is 0.260 e. The van der Waals surface area contributed by atoms with Gasteiger partial charge < -0.3 is 15.0 Å². The first kappa shape index (κ1) is 15.9. The van der Waals surface area contributed by atoms with Crippen molar-refractivity contribution in [2.24, 2.45) is 5.73 Å². The largest absolute Gasteiger partial charge is 0.379 e. The highest BCUT2D eigenvalue weighted by Crippen LogP contribution is 2.25. The van der Waals surface area contributed by atoms with Gasteiger partial charge in [-0.15, -0.1) is 0 Å². The second kappa shape index (κ2) is 6.51. The van der Waals surface area contributed by atoms with Gasteiger partial charge in [0.2, 0.25) is 0 Å². The van der Waals surface area contributed by atoms with E-state index in [9.17, 15) is 4.39 Å². The molecule has 21 heavy (non-hydrogen) atoms. The first-order chi connectivity index (χ1) is 9.94. The third-order valence-electron chi connectivity index (χ3n) is 2.85. The summed E-state index contributed by atoms with van der Waals surface area (Å²) < 4.78 is 24.3. The van der Waals surface area contributed by atoms with Gasteiger partial charge in [0.15, 0.2) is 5.82 Å². The average Bonchev–Trinajstić information content (AvgIpc) is 2.89. The topological polar surface area (TPSA) is 74.2 Å². The summed E-state index contributed by atoms with van der Waals surface area (Å²) in [5.74, 6) is -0.201. The van der Waals surface area contributed by atoms with Gasteiger partial charge in [0, 0.05) is 11.6 Å². The van der Waals surface area contributed by atoms with Crippen molar-refractivity contribution in [1.82, 2.24) is 10.1 Å². The third-order valence-corrected chi connectivity index (χ3v) is 3.08. The van der Waals surface area contributed by atoms with Gasteiger partial charge in [-0.2, -0.15) is 4.98 Å². The van der Waals surface area contributed by atoms with Crippen molar-refractivity contribution in [3.05, 3.63) is 34.9 Å². The molecule has 0 saturated carbocycles. The Balaban J connectivity index is 2.21. The fourth-order valence-corrected chi connectivity index (χ4v) is 1.88. The molecule has 0 bridgehead atoms. The van der Waals surface area contributed by atoms with E-state index in [1.54, 1.807) is 13.0 Å². The quantitative estimate of drug-likeness (QED) is 0.829. The van der Waals surface area contributed by atoms with Crippen molar-refractivity contribution >= 4 is 11.6 Å². The second-order valence-electron chi connectivity index (χ2n) is 5.02. The zero-order chi connectivity index (χ0) is 15.5. The van der Waals surface area contributed by atoms with Crippen LogP contribution < -0.4 is 5.73 Å². The summed E-state index contributed by atoms with van der Waals surface area (Å²) in [6.07, 6.45) is 0.892. The van der Waals surface area contributed by atoms with E-state index in [1.165, 1.54) is 12.1 Å². The van der Waals surface area contributed by atoms with Crippen molar-refractivity contribution in [3.8, 4) is 11.5 Å². The second-order valence-corrected chi connectivity index (χ2v) is 5.45. The molecule has 1 aromatic carbocycles. The molecule has 0 aliphatic heterocycles. The van der Waals surface area contributed by atoms with E-state index < -0.39 is 11.4 Å². The van der Waals surface area contributed by atoms with Crippen LogP contribution in [0, 0.1) is 5.82 Å². The van der Waals surface area contributed by atoms with E-state index in [0.717, 1.165) is 6.42 Å². The predicted octanol–water partition coefficient (Wildman–Crippen LogP) is 3.13. The predicted molar refractivity (Wildman–Crippen MR) is 77.4 cm³/mol. The first-order valence-electron chi connectivity index (χ1n) is 6.60. The number of nitrogens with two attached hydrogens (primary N) is 1. The smallest absolute Gasteiger partial charge is 0.260 e. The first-order valence-corrected chi connectivity index (χ1v) is 6.98. The lowest BCUT2D eigenvalue weighted by Gasteiger charge is -2.19. The molecule has 114 valence electrons. The van der Waals surface area contributed by atoms with Gasteiger partial charge in [-0.1, -0.05) is 23.7 Å². The highest BCUT2D eigenvalue weighted by Gasteiger charge is 2.28. The molecule has 0 spiro atoms. The van der Waals surface area contributed by atoms with Gasteiger partial charge in [-0.3, -0.25) is 0 Å². The Labute approximate surface area is 127 Å². The number of benzene rings is 1. The minimum atomic E-state index is -0.903. The van der Waals surface area contributed by atoms with Gasteiger partial charge >= 0.3 is 0 Å². The Bertz CT molecular complexity index is 616. The third kappa shape index (κ3) is 3.78. The Morgan fingerprint density at radius 3 is 2.90 bits per heavy atom. The fraction of sp³-hybridized carbons (Fsp3) is 0.429. The van der Waals surface area contributed by atoms with Crippen LogP contribution in [0.4, 0.5) is 4.39 Å². The molecule has 0 aliphatic carbocycles. The maximum atomic E-state index is 13.8. The Kier molecular flexibility index (Phi) is 4.92. The lowest BCUT2D eigenvalue weighted by molar-refractivity contribution is 0.0867. The van der Waals surface area contributed by atoms with Crippen LogP contribution in [0.2, 0.25) is 5.02 Å². The molecule has 0 fully saturated rings. The zero-order valence-electron chi connectivity index (χ0n) is 11.9. The maximum absolute atomic E-state index is 13.8. The summed E-state index contributed by atoms with van der Waals surface area (Å²) in [6, 6.07) is 4.22. The summed E-state index contributed by atoms with van der Waals surface area (Å²) >= 11 is 5.71. The molecule has 0 radical (unpaired) electrons. The van der Waals surface area contributed by atoms with Crippen LogP contribution in [0.15, 0.2) is 22.7 Å². The molecule has 5 nitrogen and oxygen atoms in total. The van der Waals surface area contributed by atoms with Crippen molar-refractivity contribution in [2.45, 2.75) is 25.8 Å². The van der Waals surface area contributed by atoms with E-state index in [1.807, 2.05) is 6.92 Å². The standard InChI is InChI=1S/C14H17ClFN3O2/c1-3-6-20-8-14(2,17)13-18-12(21-19-13)10-5-4-9(15)7-11(10)16/h4-5,7H,3,6,8,17H2,1-2H3. The highest BCUT2D eigenvalue weighted by atomic mass is 35.5. The summed E-state index contributed by atoms with van der Waals surface area (Å²) in [6.45, 7) is 4.59. The number of rotatable bonds is 6. The molecular weight excluding hydrogens is 297 g/mol. The highest BCUT2D eigenvalue weighted by molar-refractivity contribution is 6.30. The lowest BCUT2D eigenvalue weighted by Crippen LogP contribution is -2.39. The van der Waals surface area contributed by atoms with E-state index in [2.05, 4.69) is 10.1 Å². The molecule has 0 amide bonds. The normalized spacial score (nSPS) is 14.1. The summed E-state index contributed by atoms with van der Waals surface area (Å²) in [4.78, 5) is 4.16. The number of aromatic nitrogens is 2. The molecule has 1 atom stereocenters. The van der Waals surface area contributed by atoms with E-state index in [0.29, 0.717) is 11.6 Å². The Morgan fingerprint density at radius 2 is 2.24 bits per heavy atom. The van der Waals surface area contributed by atoms with Crippen molar-refractivity contribution in [2.75, 3.05) is 13.2 Å². The van der Waals surface area contributed by atoms with E-state index in [-0.39, 0.29) is 23.9 Å². The monoisotopic (exact) mass is 313 g/mol. The van der Waals surface area contributed by atoms with E-state index in [4.69, 9.17) is 26.6 Å². The number of nitrogens with zero attached hydrogens (tertiary/aromatic N) is 2. The van der Waals surface area contributed by atoms with Crippen LogP contribution in [-0.2, 0) is 10.3 Å². The minimum absolute atomic E-state index is 0.0614. The zero-order valence-corrected chi connectivity index (χ0v) is 12.7. The molecule has 2 rings (SSSR count). The summed E-state index contributed by atoms with van der Waals surface area (Å²) in [5, 5.41) is 4.11. The lowest BCUT2D eigenvalue weighted by atomic mass is 10.1. The van der Waals surface area contributed by atoms with E-state index >= 15 is 0 Å². The molecule has 0 saturated heterocycles. The number of hydrogen-bond acceptors (Lipinski definition) is 5. The molecule has 1 heterocycles. The van der Waals surface area contributed by atoms with Gasteiger partial charge in [0.1, 0.15) is 11.4 Å². The number of hydrogen-bond donors (Lipinski definition) is 1. The van der Waals surface area contributed by atoms with Crippen molar-refractivity contribution in [1.29, 1.82) is 0 Å². The SMILES string of the molecule is CCCOCC(C)(N)c1noc(-c2ccc(Cl)cc2F)n1. The fourth-order valence-electron chi connectivity index (χ4n) is 1.72. The molecule has 1 unspecified atom stereocenters. The average molecular weight is 314 g/mol. The van der Waals surface area contributed by atoms with Gasteiger partial charge in [-0.25, -0.2) is 4.39 Å². The van der Waals surface area contributed by atoms with Crippen LogP contribution in [0.1, 0.15) is 26.1 Å². The molecule has 2 aromatic rings. The van der Waals surface area contributed by atoms with Gasteiger partial charge in [0.25, 0.3) is 5.89 Å². The van der Waals surface area contributed by atoms with Crippen LogP contribution in [0.25, 0.3) is 11.5 Å². The Hall–Kier alpha value is -1.50. The van der Waals surface area contributed by atoms with Crippen molar-refractivity contribution in [3.63, 3.8) is 0 Å². The van der Waals surface area contributed by atoms with Gasteiger partial charge in [0.05, 0.1) is 12.2 Å². The van der Waals surface area contributed by atoms with Gasteiger partial charge in [-0.05, 0) is 31.5 Å². The van der Waals surface area contributed by atoms with Crippen molar-refractivity contribution < 1.29 is 13.7 Å². The van der Waals surface area contributed by atoms with Crippen LogP contribution in [-0.4, -0.2) is 23.4 Å². The molecular formula is C14H17ClFN3O2. The van der Waals surface area contributed by atoms with Crippen LogP contribution in [0.3, 0.4) is 0 Å². The number of halogens is 2. The summed E-state index contributed by atoms with van der Waals surface area (Å²) in [7, 11) is 0.